The van der Waals surface area contributed by atoms with Crippen molar-refractivity contribution in [3.05, 3.63) is 59.7 Å². The molecule has 1 aliphatic heterocycles. The summed E-state index contributed by atoms with van der Waals surface area (Å²) in [4.78, 5) is 26.4. The van der Waals surface area contributed by atoms with Crippen molar-refractivity contribution < 1.29 is 22.7 Å². The fourth-order valence-electron chi connectivity index (χ4n) is 4.13. The van der Waals surface area contributed by atoms with E-state index in [0.29, 0.717) is 24.2 Å². The van der Waals surface area contributed by atoms with Gasteiger partial charge < -0.3 is 15.4 Å². The SMILES string of the molecule is CC[C@H](C)NC(=O)[C@H](NC(=O)c1cccc(OC)c1)C1CCN(S(=O)(=O)c2ccc(C)cc2)CC1. The Bertz CT molecular complexity index is 1130. The van der Waals surface area contributed by atoms with Crippen molar-refractivity contribution in [3.63, 3.8) is 0 Å². The number of nitrogens with zero attached hydrogens (tertiary/aromatic N) is 1. The van der Waals surface area contributed by atoms with Gasteiger partial charge in [-0.1, -0.05) is 30.7 Å². The summed E-state index contributed by atoms with van der Waals surface area (Å²) in [5.74, 6) is -0.274. The van der Waals surface area contributed by atoms with Gasteiger partial charge in [0.25, 0.3) is 5.91 Å². The average Bonchev–Trinajstić information content (AvgIpc) is 2.87. The van der Waals surface area contributed by atoms with Gasteiger partial charge >= 0.3 is 0 Å². The van der Waals surface area contributed by atoms with Crippen LogP contribution in [-0.2, 0) is 14.8 Å². The van der Waals surface area contributed by atoms with Gasteiger partial charge in [-0.3, -0.25) is 9.59 Å². The summed E-state index contributed by atoms with van der Waals surface area (Å²) < 4.78 is 32.8. The molecule has 1 heterocycles. The lowest BCUT2D eigenvalue weighted by atomic mass is 9.89. The molecule has 2 amide bonds. The van der Waals surface area contributed by atoms with Crippen LogP contribution in [-0.4, -0.2) is 56.8 Å². The van der Waals surface area contributed by atoms with E-state index < -0.39 is 16.1 Å². The van der Waals surface area contributed by atoms with E-state index in [1.807, 2.05) is 20.8 Å². The maximum absolute atomic E-state index is 13.2. The molecule has 0 saturated carbocycles. The van der Waals surface area contributed by atoms with E-state index in [0.717, 1.165) is 12.0 Å². The Hall–Kier alpha value is -2.91. The Morgan fingerprint density at radius 1 is 1.09 bits per heavy atom. The molecule has 0 unspecified atom stereocenters. The van der Waals surface area contributed by atoms with Gasteiger partial charge in [0.05, 0.1) is 12.0 Å². The van der Waals surface area contributed by atoms with Gasteiger partial charge in [-0.15, -0.1) is 0 Å². The standard InChI is InChI=1S/C26H35N3O5S/c1-5-19(3)27-26(31)24(28-25(30)21-7-6-8-22(17-21)34-4)20-13-15-29(16-14-20)35(32,33)23-11-9-18(2)10-12-23/h6-12,17,19-20,24H,5,13-16H2,1-4H3,(H,27,31)(H,28,30)/t19-,24+/m0/s1. The lowest BCUT2D eigenvalue weighted by Gasteiger charge is -2.35. The molecular weight excluding hydrogens is 466 g/mol. The smallest absolute Gasteiger partial charge is 0.252 e. The highest BCUT2D eigenvalue weighted by atomic mass is 32.2. The highest BCUT2D eigenvalue weighted by Gasteiger charge is 2.36. The van der Waals surface area contributed by atoms with Crippen molar-refractivity contribution in [1.29, 1.82) is 0 Å². The molecule has 2 aromatic rings. The highest BCUT2D eigenvalue weighted by Crippen LogP contribution is 2.27. The van der Waals surface area contributed by atoms with Crippen LogP contribution in [0, 0.1) is 12.8 Å². The highest BCUT2D eigenvalue weighted by molar-refractivity contribution is 7.89. The third kappa shape index (κ3) is 6.61. The third-order valence-corrected chi connectivity index (χ3v) is 8.44. The monoisotopic (exact) mass is 501 g/mol. The number of aryl methyl sites for hydroxylation is 1. The minimum Gasteiger partial charge on any atom is -0.497 e. The summed E-state index contributed by atoms with van der Waals surface area (Å²) in [5, 5.41) is 5.87. The number of benzene rings is 2. The van der Waals surface area contributed by atoms with E-state index in [2.05, 4.69) is 10.6 Å². The second-order valence-corrected chi connectivity index (χ2v) is 11.0. The molecule has 35 heavy (non-hydrogen) atoms. The largest absolute Gasteiger partial charge is 0.497 e. The van der Waals surface area contributed by atoms with E-state index in [4.69, 9.17) is 4.74 Å². The first-order chi connectivity index (χ1) is 16.6. The second-order valence-electron chi connectivity index (χ2n) is 9.06. The van der Waals surface area contributed by atoms with Gasteiger partial charge in [0.1, 0.15) is 11.8 Å². The van der Waals surface area contributed by atoms with Gasteiger partial charge in [-0.05, 0) is 69.4 Å². The topological polar surface area (TPSA) is 105 Å². The third-order valence-electron chi connectivity index (χ3n) is 6.53. The summed E-state index contributed by atoms with van der Waals surface area (Å²) in [5.41, 5.74) is 1.38. The molecule has 0 radical (unpaired) electrons. The minimum atomic E-state index is -3.61. The van der Waals surface area contributed by atoms with E-state index >= 15 is 0 Å². The lowest BCUT2D eigenvalue weighted by Crippen LogP contribution is -2.55. The number of methoxy groups -OCH3 is 1. The number of piperidine rings is 1. The molecule has 0 spiro atoms. The van der Waals surface area contributed by atoms with Gasteiger partial charge in [-0.25, -0.2) is 8.42 Å². The van der Waals surface area contributed by atoms with Crippen LogP contribution in [0.4, 0.5) is 0 Å². The fraction of sp³-hybridized carbons (Fsp3) is 0.462. The maximum Gasteiger partial charge on any atom is 0.252 e. The van der Waals surface area contributed by atoms with Crippen LogP contribution in [0.1, 0.15) is 49.0 Å². The quantitative estimate of drug-likeness (QED) is 0.549. The summed E-state index contributed by atoms with van der Waals surface area (Å²) in [7, 11) is -2.09. The van der Waals surface area contributed by atoms with Crippen molar-refractivity contribution in [3.8, 4) is 5.75 Å². The van der Waals surface area contributed by atoms with E-state index in [1.165, 1.54) is 11.4 Å². The summed E-state index contributed by atoms with van der Waals surface area (Å²) >= 11 is 0. The molecule has 1 aliphatic rings. The predicted octanol–water partition coefficient (Wildman–Crippen LogP) is 3.12. The van der Waals surface area contributed by atoms with Crippen LogP contribution in [0.25, 0.3) is 0 Å². The summed E-state index contributed by atoms with van der Waals surface area (Å²) in [6, 6.07) is 12.7. The van der Waals surface area contributed by atoms with E-state index in [1.54, 1.807) is 48.5 Å². The van der Waals surface area contributed by atoms with Crippen molar-refractivity contribution >= 4 is 21.8 Å². The molecule has 0 aromatic heterocycles. The van der Waals surface area contributed by atoms with Crippen LogP contribution in [0.5, 0.6) is 5.75 Å². The number of hydrogen-bond donors (Lipinski definition) is 2. The number of amides is 2. The van der Waals surface area contributed by atoms with Crippen molar-refractivity contribution in [1.82, 2.24) is 14.9 Å². The number of ether oxygens (including phenoxy) is 1. The Labute approximate surface area is 208 Å². The fourth-order valence-corrected chi connectivity index (χ4v) is 5.60. The number of sulfonamides is 1. The van der Waals surface area contributed by atoms with Crippen LogP contribution in [0.2, 0.25) is 0 Å². The number of nitrogens with one attached hydrogen (secondary N) is 2. The Morgan fingerprint density at radius 2 is 1.74 bits per heavy atom. The van der Waals surface area contributed by atoms with Crippen LogP contribution < -0.4 is 15.4 Å². The second kappa shape index (κ2) is 11.7. The Kier molecular flexibility index (Phi) is 8.91. The zero-order valence-electron chi connectivity index (χ0n) is 20.8. The first kappa shape index (κ1) is 26.7. The van der Waals surface area contributed by atoms with Crippen molar-refractivity contribution in [2.24, 2.45) is 5.92 Å². The van der Waals surface area contributed by atoms with Gasteiger partial charge in [-0.2, -0.15) is 4.31 Å². The summed E-state index contributed by atoms with van der Waals surface area (Å²) in [6.45, 7) is 6.36. The van der Waals surface area contributed by atoms with Crippen LogP contribution >= 0.6 is 0 Å². The summed E-state index contributed by atoms with van der Waals surface area (Å²) in [6.07, 6.45) is 1.68. The van der Waals surface area contributed by atoms with Crippen molar-refractivity contribution in [2.75, 3.05) is 20.2 Å². The molecule has 0 aliphatic carbocycles. The van der Waals surface area contributed by atoms with Gasteiger partial charge in [0.2, 0.25) is 15.9 Å². The number of rotatable bonds is 9. The minimum absolute atomic E-state index is 0.0410. The Balaban J connectivity index is 1.75. The molecule has 2 N–H and O–H groups in total. The zero-order valence-corrected chi connectivity index (χ0v) is 21.6. The molecular formula is C26H35N3O5S. The maximum atomic E-state index is 13.2. The molecule has 2 aromatic carbocycles. The normalized spacial score (nSPS) is 16.8. The van der Waals surface area contributed by atoms with Crippen LogP contribution in [0.3, 0.4) is 0 Å². The Morgan fingerprint density at radius 3 is 2.34 bits per heavy atom. The molecule has 9 heteroatoms. The molecule has 1 fully saturated rings. The van der Waals surface area contributed by atoms with E-state index in [-0.39, 0.29) is 41.8 Å². The lowest BCUT2D eigenvalue weighted by molar-refractivity contribution is -0.125. The number of carbonyl (C=O) groups is 2. The van der Waals surface area contributed by atoms with Crippen LogP contribution in [0.15, 0.2) is 53.4 Å². The average molecular weight is 502 g/mol. The molecule has 2 atom stereocenters. The number of hydrogen-bond acceptors (Lipinski definition) is 5. The van der Waals surface area contributed by atoms with Gasteiger partial charge in [0.15, 0.2) is 0 Å². The molecule has 0 bridgehead atoms. The van der Waals surface area contributed by atoms with E-state index in [9.17, 15) is 18.0 Å². The van der Waals surface area contributed by atoms with Crippen molar-refractivity contribution in [2.45, 2.75) is 57.0 Å². The zero-order chi connectivity index (χ0) is 25.6. The predicted molar refractivity (Wildman–Crippen MR) is 135 cm³/mol. The first-order valence-corrected chi connectivity index (χ1v) is 13.4. The molecule has 3 rings (SSSR count). The first-order valence-electron chi connectivity index (χ1n) is 12.0. The molecule has 190 valence electrons. The number of carbonyl (C=O) groups excluding carboxylic acids is 2. The molecule has 1 saturated heterocycles. The van der Waals surface area contributed by atoms with Gasteiger partial charge in [0, 0.05) is 24.7 Å². The molecule has 8 nitrogen and oxygen atoms in total.